The van der Waals surface area contributed by atoms with Crippen LogP contribution in [0.2, 0.25) is 0 Å². The highest BCUT2D eigenvalue weighted by Gasteiger charge is 2.67. The van der Waals surface area contributed by atoms with E-state index in [1.807, 2.05) is 0 Å². The number of carbonyl (C=O) groups excluding carboxylic acids is 4. The number of esters is 1. The van der Waals surface area contributed by atoms with Gasteiger partial charge in [0.05, 0.1) is 23.1 Å². The van der Waals surface area contributed by atoms with Gasteiger partial charge in [-0.25, -0.2) is 4.79 Å². The first-order valence-electron chi connectivity index (χ1n) is 10.5. The van der Waals surface area contributed by atoms with E-state index in [1.54, 1.807) is 48.5 Å². The molecule has 0 aromatic heterocycles. The summed E-state index contributed by atoms with van der Waals surface area (Å²) in [5.74, 6) is 0.528. The van der Waals surface area contributed by atoms with E-state index >= 15 is 0 Å². The molecule has 4 aliphatic carbocycles. The van der Waals surface area contributed by atoms with Crippen LogP contribution in [-0.4, -0.2) is 24.1 Å². The Hall–Kier alpha value is -3.54. The van der Waals surface area contributed by atoms with Crippen molar-refractivity contribution in [3.8, 4) is 5.75 Å². The Labute approximate surface area is 178 Å². The third kappa shape index (κ3) is 2.64. The molecule has 3 fully saturated rings. The molecule has 2 bridgehead atoms. The number of imide groups is 1. The van der Waals surface area contributed by atoms with Gasteiger partial charge in [0.15, 0.2) is 0 Å². The Balaban J connectivity index is 1.21. The minimum absolute atomic E-state index is 0.120. The first-order valence-corrected chi connectivity index (χ1v) is 10.5. The predicted molar refractivity (Wildman–Crippen MR) is 110 cm³/mol. The zero-order chi connectivity index (χ0) is 21.3. The first kappa shape index (κ1) is 18.2. The van der Waals surface area contributed by atoms with Gasteiger partial charge in [-0.2, -0.15) is 0 Å². The van der Waals surface area contributed by atoms with Crippen LogP contribution in [0.25, 0.3) is 0 Å². The quantitative estimate of drug-likeness (QED) is 0.253. The molecular formula is C25H19NO5. The third-order valence-electron chi connectivity index (χ3n) is 7.25. The van der Waals surface area contributed by atoms with E-state index in [1.165, 1.54) is 4.90 Å². The molecule has 2 aromatic rings. The Morgan fingerprint density at radius 3 is 2.00 bits per heavy atom. The van der Waals surface area contributed by atoms with Crippen molar-refractivity contribution in [2.75, 3.05) is 4.90 Å². The highest BCUT2D eigenvalue weighted by Crippen LogP contribution is 2.65. The van der Waals surface area contributed by atoms with Crippen LogP contribution in [0.3, 0.4) is 0 Å². The summed E-state index contributed by atoms with van der Waals surface area (Å²) < 4.78 is 5.33. The summed E-state index contributed by atoms with van der Waals surface area (Å²) in [6.45, 7) is 0. The van der Waals surface area contributed by atoms with Gasteiger partial charge in [0.2, 0.25) is 11.8 Å². The molecule has 6 atom stereocenters. The molecule has 1 saturated heterocycles. The number of nitrogens with zero attached hydrogens (tertiary/aromatic N) is 1. The third-order valence-corrected chi connectivity index (χ3v) is 7.25. The number of amides is 2. The standard InChI is InChI=1S/C25H19NO5/c27-12-13-1-7-16(8-2-13)31-25(30)14-3-5-15(6-4-14)26-23(28)21-17-9-10-18(20-11-19(17)20)22(21)24(26)29/h1-10,12,17-22H,11H2/t17-,18-,19-,20+,21+,22+/m0/s1. The summed E-state index contributed by atoms with van der Waals surface area (Å²) in [7, 11) is 0. The number of hydrogen-bond donors (Lipinski definition) is 0. The fraction of sp³-hybridized carbons (Fsp3) is 0.280. The van der Waals surface area contributed by atoms with Crippen LogP contribution in [-0.2, 0) is 9.59 Å². The van der Waals surface area contributed by atoms with Crippen molar-refractivity contribution < 1.29 is 23.9 Å². The van der Waals surface area contributed by atoms with Crippen molar-refractivity contribution in [2.45, 2.75) is 6.42 Å². The van der Waals surface area contributed by atoms with Gasteiger partial charge in [-0.1, -0.05) is 12.2 Å². The SMILES string of the molecule is O=Cc1ccc(OC(=O)c2ccc(N3C(=O)[C@@H]4[C@H]5C=C[C@@H]([C@@H]6C[C@H]56)[C@H]4C3=O)cc2)cc1. The van der Waals surface area contributed by atoms with Gasteiger partial charge in [-0.3, -0.25) is 19.3 Å². The number of hydrogen-bond acceptors (Lipinski definition) is 5. The van der Waals surface area contributed by atoms with E-state index in [0.29, 0.717) is 40.7 Å². The molecule has 6 heteroatoms. The molecule has 7 rings (SSSR count). The molecule has 1 heterocycles. The molecule has 0 spiro atoms. The molecule has 5 aliphatic rings. The predicted octanol–water partition coefficient (Wildman–Crippen LogP) is 3.28. The van der Waals surface area contributed by atoms with Gasteiger partial charge in [0.25, 0.3) is 0 Å². The lowest BCUT2D eigenvalue weighted by molar-refractivity contribution is -0.124. The lowest BCUT2D eigenvalue weighted by Crippen LogP contribution is -2.40. The van der Waals surface area contributed by atoms with Crippen molar-refractivity contribution >= 4 is 29.8 Å². The molecular weight excluding hydrogens is 394 g/mol. The average Bonchev–Trinajstić information content (AvgIpc) is 3.58. The van der Waals surface area contributed by atoms with E-state index in [4.69, 9.17) is 4.74 Å². The van der Waals surface area contributed by atoms with E-state index in [-0.39, 0.29) is 35.5 Å². The summed E-state index contributed by atoms with van der Waals surface area (Å²) in [5, 5.41) is 0. The van der Waals surface area contributed by atoms with Gasteiger partial charge in [0, 0.05) is 5.56 Å². The van der Waals surface area contributed by atoms with E-state index in [2.05, 4.69) is 12.2 Å². The number of aldehydes is 1. The van der Waals surface area contributed by atoms with Crippen LogP contribution in [0, 0.1) is 35.5 Å². The summed E-state index contributed by atoms with van der Waals surface area (Å²) in [6, 6.07) is 12.6. The maximum absolute atomic E-state index is 13.2. The number of ether oxygens (including phenoxy) is 1. The molecule has 2 amide bonds. The van der Waals surface area contributed by atoms with E-state index < -0.39 is 5.97 Å². The molecule has 1 aliphatic heterocycles. The van der Waals surface area contributed by atoms with Crippen LogP contribution in [0.4, 0.5) is 5.69 Å². The second-order valence-electron chi connectivity index (χ2n) is 8.79. The van der Waals surface area contributed by atoms with Crippen LogP contribution in [0.5, 0.6) is 5.75 Å². The maximum Gasteiger partial charge on any atom is 0.343 e. The highest BCUT2D eigenvalue weighted by atomic mass is 16.5. The minimum Gasteiger partial charge on any atom is -0.423 e. The molecule has 0 N–H and O–H groups in total. The van der Waals surface area contributed by atoms with Crippen molar-refractivity contribution in [3.05, 3.63) is 71.8 Å². The Morgan fingerprint density at radius 2 is 1.45 bits per heavy atom. The van der Waals surface area contributed by atoms with Gasteiger partial charge < -0.3 is 4.74 Å². The Morgan fingerprint density at radius 1 is 0.871 bits per heavy atom. The van der Waals surface area contributed by atoms with Crippen molar-refractivity contribution in [2.24, 2.45) is 35.5 Å². The van der Waals surface area contributed by atoms with Gasteiger partial charge in [-0.15, -0.1) is 0 Å². The number of anilines is 1. The fourth-order valence-corrected chi connectivity index (χ4v) is 5.74. The van der Waals surface area contributed by atoms with Crippen molar-refractivity contribution in [1.29, 1.82) is 0 Å². The average molecular weight is 413 g/mol. The second kappa shape index (κ2) is 6.48. The molecule has 0 unspecified atom stereocenters. The molecule has 2 aromatic carbocycles. The van der Waals surface area contributed by atoms with Gasteiger partial charge in [0.1, 0.15) is 12.0 Å². The summed E-state index contributed by atoms with van der Waals surface area (Å²) in [5.41, 5.74) is 1.29. The molecule has 31 heavy (non-hydrogen) atoms. The molecule has 154 valence electrons. The fourth-order valence-electron chi connectivity index (χ4n) is 5.74. The van der Waals surface area contributed by atoms with E-state index in [0.717, 1.165) is 6.42 Å². The van der Waals surface area contributed by atoms with Crippen LogP contribution >= 0.6 is 0 Å². The number of rotatable bonds is 4. The summed E-state index contributed by atoms with van der Waals surface area (Å²) >= 11 is 0. The monoisotopic (exact) mass is 413 g/mol. The highest BCUT2D eigenvalue weighted by molar-refractivity contribution is 6.22. The molecule has 0 radical (unpaired) electrons. The smallest absolute Gasteiger partial charge is 0.343 e. The van der Waals surface area contributed by atoms with Crippen LogP contribution in [0.15, 0.2) is 60.7 Å². The van der Waals surface area contributed by atoms with E-state index in [9.17, 15) is 19.2 Å². The van der Waals surface area contributed by atoms with Gasteiger partial charge in [-0.05, 0) is 78.6 Å². The molecule has 6 nitrogen and oxygen atoms in total. The van der Waals surface area contributed by atoms with Crippen molar-refractivity contribution in [3.63, 3.8) is 0 Å². The lowest BCUT2D eigenvalue weighted by atomic mass is 9.63. The minimum atomic E-state index is -0.555. The first-order chi connectivity index (χ1) is 15.1. The Kier molecular flexibility index (Phi) is 3.81. The topological polar surface area (TPSA) is 80.8 Å². The normalized spacial score (nSPS) is 31.9. The summed E-state index contributed by atoms with van der Waals surface area (Å²) in [4.78, 5) is 50.8. The maximum atomic E-state index is 13.2. The number of carbonyl (C=O) groups is 4. The zero-order valence-corrected chi connectivity index (χ0v) is 16.5. The Bertz CT molecular complexity index is 1110. The summed E-state index contributed by atoms with van der Waals surface area (Å²) in [6.07, 6.45) is 6.14. The lowest BCUT2D eigenvalue weighted by Gasteiger charge is -2.37. The number of benzene rings is 2. The van der Waals surface area contributed by atoms with Crippen LogP contribution in [0.1, 0.15) is 27.1 Å². The van der Waals surface area contributed by atoms with Crippen LogP contribution < -0.4 is 9.64 Å². The largest absolute Gasteiger partial charge is 0.423 e. The second-order valence-corrected chi connectivity index (χ2v) is 8.79. The van der Waals surface area contributed by atoms with Gasteiger partial charge >= 0.3 is 5.97 Å². The van der Waals surface area contributed by atoms with Crippen molar-refractivity contribution in [1.82, 2.24) is 0 Å². The zero-order valence-electron chi connectivity index (χ0n) is 16.5. The number of allylic oxidation sites excluding steroid dienone is 2. The molecule has 2 saturated carbocycles.